The van der Waals surface area contributed by atoms with Crippen molar-refractivity contribution in [2.24, 2.45) is 0 Å². The first-order valence-corrected chi connectivity index (χ1v) is 13.4. The van der Waals surface area contributed by atoms with Gasteiger partial charge in [0.25, 0.3) is 5.91 Å². The van der Waals surface area contributed by atoms with Crippen LogP contribution in [0.2, 0.25) is 0 Å². The van der Waals surface area contributed by atoms with Crippen LogP contribution < -0.4 is 10.2 Å². The number of carbonyl (C=O) groups is 2. The molecule has 2 aliphatic heterocycles. The Morgan fingerprint density at radius 1 is 1.08 bits per heavy atom. The van der Waals surface area contributed by atoms with Gasteiger partial charge in [-0.2, -0.15) is 0 Å². The highest BCUT2D eigenvalue weighted by molar-refractivity contribution is 6.08. The van der Waals surface area contributed by atoms with Crippen molar-refractivity contribution in [3.8, 4) is 0 Å². The van der Waals surface area contributed by atoms with Gasteiger partial charge < -0.3 is 19.2 Å². The second-order valence-corrected chi connectivity index (χ2v) is 10.0. The van der Waals surface area contributed by atoms with E-state index in [4.69, 9.17) is 13.9 Å². The molecule has 0 spiro atoms. The van der Waals surface area contributed by atoms with Crippen LogP contribution in [-0.4, -0.2) is 62.3 Å². The SMILES string of the molecule is Cc1cccc(N(C(=O)c2ccc(CN3CCOCC3)o2)[C@H](C(=O)NC[C@@H]2CCCO2)c2ccc(F)cc2)c1. The van der Waals surface area contributed by atoms with E-state index in [0.717, 1.165) is 31.5 Å². The van der Waals surface area contributed by atoms with Crippen molar-refractivity contribution >= 4 is 17.5 Å². The number of anilines is 1. The number of furan rings is 1. The monoisotopic (exact) mass is 535 g/mol. The summed E-state index contributed by atoms with van der Waals surface area (Å²) in [4.78, 5) is 31.5. The van der Waals surface area contributed by atoms with E-state index in [1.165, 1.54) is 29.2 Å². The van der Waals surface area contributed by atoms with Gasteiger partial charge in [-0.3, -0.25) is 19.4 Å². The van der Waals surface area contributed by atoms with E-state index < -0.39 is 17.8 Å². The molecule has 5 rings (SSSR count). The summed E-state index contributed by atoms with van der Waals surface area (Å²) in [6.45, 7) is 6.38. The van der Waals surface area contributed by atoms with Crippen molar-refractivity contribution in [3.63, 3.8) is 0 Å². The van der Waals surface area contributed by atoms with Gasteiger partial charge in [0.2, 0.25) is 5.91 Å². The number of nitrogens with one attached hydrogen (secondary N) is 1. The molecule has 0 saturated carbocycles. The van der Waals surface area contributed by atoms with Gasteiger partial charge in [-0.05, 0) is 67.3 Å². The second kappa shape index (κ2) is 12.5. The maximum atomic E-state index is 14.1. The summed E-state index contributed by atoms with van der Waals surface area (Å²) < 4.78 is 31.0. The molecular weight excluding hydrogens is 501 g/mol. The third-order valence-electron chi connectivity index (χ3n) is 7.07. The van der Waals surface area contributed by atoms with Crippen molar-refractivity contribution < 1.29 is 27.9 Å². The van der Waals surface area contributed by atoms with Crippen molar-refractivity contribution in [2.75, 3.05) is 44.4 Å². The highest BCUT2D eigenvalue weighted by Crippen LogP contribution is 2.31. The van der Waals surface area contributed by atoms with Crippen molar-refractivity contribution in [1.29, 1.82) is 0 Å². The number of rotatable bonds is 9. The van der Waals surface area contributed by atoms with Crippen LogP contribution in [0.5, 0.6) is 0 Å². The summed E-state index contributed by atoms with van der Waals surface area (Å²) >= 11 is 0. The van der Waals surface area contributed by atoms with Gasteiger partial charge in [0.05, 0.1) is 25.9 Å². The molecule has 206 valence electrons. The first-order valence-electron chi connectivity index (χ1n) is 13.4. The molecule has 3 heterocycles. The van der Waals surface area contributed by atoms with Gasteiger partial charge in [0, 0.05) is 31.9 Å². The average molecular weight is 536 g/mol. The molecule has 8 nitrogen and oxygen atoms in total. The van der Waals surface area contributed by atoms with E-state index >= 15 is 0 Å². The molecule has 0 radical (unpaired) electrons. The Kier molecular flexibility index (Phi) is 8.71. The van der Waals surface area contributed by atoms with E-state index in [-0.39, 0.29) is 17.8 Å². The zero-order valence-corrected chi connectivity index (χ0v) is 22.1. The minimum absolute atomic E-state index is 0.0706. The predicted octanol–water partition coefficient (Wildman–Crippen LogP) is 4.24. The fourth-order valence-corrected chi connectivity index (χ4v) is 5.02. The van der Waals surface area contributed by atoms with Crippen LogP contribution in [-0.2, 0) is 20.8 Å². The molecule has 1 aromatic heterocycles. The van der Waals surface area contributed by atoms with Crippen LogP contribution >= 0.6 is 0 Å². The van der Waals surface area contributed by atoms with Gasteiger partial charge in [-0.1, -0.05) is 24.3 Å². The highest BCUT2D eigenvalue weighted by Gasteiger charge is 2.35. The Hall–Kier alpha value is -3.53. The van der Waals surface area contributed by atoms with E-state index in [0.29, 0.717) is 49.9 Å². The lowest BCUT2D eigenvalue weighted by Crippen LogP contribution is -2.45. The highest BCUT2D eigenvalue weighted by atomic mass is 19.1. The van der Waals surface area contributed by atoms with E-state index in [1.54, 1.807) is 18.2 Å². The smallest absolute Gasteiger partial charge is 0.294 e. The van der Waals surface area contributed by atoms with Crippen LogP contribution in [0, 0.1) is 12.7 Å². The number of aryl methyl sites for hydroxylation is 1. The molecule has 2 aromatic carbocycles. The first kappa shape index (κ1) is 27.1. The van der Waals surface area contributed by atoms with Crippen LogP contribution in [0.1, 0.15) is 46.3 Å². The zero-order chi connectivity index (χ0) is 27.2. The largest absolute Gasteiger partial charge is 0.455 e. The molecule has 2 amide bonds. The normalized spacial score (nSPS) is 18.6. The Morgan fingerprint density at radius 3 is 2.59 bits per heavy atom. The van der Waals surface area contributed by atoms with Crippen molar-refractivity contribution in [1.82, 2.24) is 10.2 Å². The Morgan fingerprint density at radius 2 is 1.87 bits per heavy atom. The number of ether oxygens (including phenoxy) is 2. The Balaban J connectivity index is 1.48. The third-order valence-corrected chi connectivity index (χ3v) is 7.07. The lowest BCUT2D eigenvalue weighted by Gasteiger charge is -2.31. The van der Waals surface area contributed by atoms with E-state index in [9.17, 15) is 14.0 Å². The van der Waals surface area contributed by atoms with Crippen molar-refractivity contribution in [3.05, 3.63) is 89.1 Å². The quantitative estimate of drug-likeness (QED) is 0.441. The van der Waals surface area contributed by atoms with Crippen LogP contribution in [0.25, 0.3) is 0 Å². The molecule has 2 fully saturated rings. The van der Waals surface area contributed by atoms with Gasteiger partial charge >= 0.3 is 0 Å². The summed E-state index contributed by atoms with van der Waals surface area (Å²) in [6.07, 6.45) is 1.74. The zero-order valence-electron chi connectivity index (χ0n) is 22.1. The summed E-state index contributed by atoms with van der Waals surface area (Å²) in [5.41, 5.74) is 1.94. The lowest BCUT2D eigenvalue weighted by atomic mass is 10.0. The van der Waals surface area contributed by atoms with Crippen LogP contribution in [0.4, 0.5) is 10.1 Å². The molecule has 2 atom stereocenters. The number of halogens is 1. The number of benzene rings is 2. The minimum atomic E-state index is -1.06. The Labute approximate surface area is 227 Å². The summed E-state index contributed by atoms with van der Waals surface area (Å²) in [5.74, 6) is -0.489. The van der Waals surface area contributed by atoms with Crippen LogP contribution in [0.3, 0.4) is 0 Å². The topological polar surface area (TPSA) is 84.2 Å². The van der Waals surface area contributed by atoms with Gasteiger partial charge in [-0.15, -0.1) is 0 Å². The van der Waals surface area contributed by atoms with Gasteiger partial charge in [0.15, 0.2) is 5.76 Å². The van der Waals surface area contributed by atoms with E-state index in [2.05, 4.69) is 10.2 Å². The molecular formula is C30H34FN3O5. The number of hydrogen-bond donors (Lipinski definition) is 1. The summed E-state index contributed by atoms with van der Waals surface area (Å²) in [5, 5.41) is 2.97. The first-order chi connectivity index (χ1) is 19.0. The molecule has 39 heavy (non-hydrogen) atoms. The number of carbonyl (C=O) groups excluding carboxylic acids is 2. The lowest BCUT2D eigenvalue weighted by molar-refractivity contribution is -0.123. The number of amides is 2. The standard InChI is InChI=1S/C30H34FN3O5/c1-21-4-2-5-24(18-21)34(30(36)27-12-11-26(39-27)20-33-13-16-37-17-14-33)28(22-7-9-23(31)10-8-22)29(35)32-19-25-6-3-15-38-25/h2,4-5,7-12,18,25,28H,3,6,13-17,19-20H2,1H3,(H,32,35)/t25-,28-/m0/s1. The summed E-state index contributed by atoms with van der Waals surface area (Å²) in [6, 6.07) is 15.4. The molecule has 9 heteroatoms. The average Bonchev–Trinajstić information content (AvgIpc) is 3.64. The molecule has 0 unspecified atom stereocenters. The minimum Gasteiger partial charge on any atom is -0.455 e. The summed E-state index contributed by atoms with van der Waals surface area (Å²) in [7, 11) is 0. The molecule has 2 aliphatic rings. The molecule has 3 aromatic rings. The fourth-order valence-electron chi connectivity index (χ4n) is 5.02. The fraction of sp³-hybridized carbons (Fsp3) is 0.400. The number of hydrogen-bond acceptors (Lipinski definition) is 6. The predicted molar refractivity (Wildman–Crippen MR) is 144 cm³/mol. The van der Waals surface area contributed by atoms with Crippen LogP contribution in [0.15, 0.2) is 65.1 Å². The van der Waals surface area contributed by atoms with Gasteiger partial charge in [-0.25, -0.2) is 4.39 Å². The van der Waals surface area contributed by atoms with Crippen molar-refractivity contribution in [2.45, 2.75) is 38.5 Å². The molecule has 0 aliphatic carbocycles. The number of nitrogens with zero attached hydrogens (tertiary/aromatic N) is 2. The third kappa shape index (κ3) is 6.73. The van der Waals surface area contributed by atoms with E-state index in [1.807, 2.05) is 25.1 Å². The maximum absolute atomic E-state index is 14.1. The Bertz CT molecular complexity index is 1270. The van der Waals surface area contributed by atoms with Gasteiger partial charge in [0.1, 0.15) is 17.6 Å². The molecule has 2 saturated heterocycles. The second-order valence-electron chi connectivity index (χ2n) is 10.0. The number of morpholine rings is 1. The molecule has 1 N–H and O–H groups in total. The molecule has 0 bridgehead atoms. The maximum Gasteiger partial charge on any atom is 0.294 e.